The van der Waals surface area contributed by atoms with E-state index in [-0.39, 0.29) is 30.1 Å². The van der Waals surface area contributed by atoms with E-state index >= 15 is 0 Å². The van der Waals surface area contributed by atoms with Gasteiger partial charge in [-0.15, -0.1) is 10.2 Å². The van der Waals surface area contributed by atoms with Gasteiger partial charge < -0.3 is 14.8 Å². The molecule has 0 unspecified atom stereocenters. The Morgan fingerprint density at radius 2 is 2.16 bits per heavy atom. The third kappa shape index (κ3) is 5.17. The number of nitrogens with one attached hydrogen (secondary N) is 1. The molecule has 1 aromatic carbocycles. The molecule has 0 radical (unpaired) electrons. The first-order valence-corrected chi connectivity index (χ1v) is 8.68. The zero-order valence-electron chi connectivity index (χ0n) is 14.4. The van der Waals surface area contributed by atoms with E-state index in [0.717, 1.165) is 0 Å². The van der Waals surface area contributed by atoms with Crippen LogP contribution in [0.3, 0.4) is 0 Å². The normalized spacial score (nSPS) is 12.0. The summed E-state index contributed by atoms with van der Waals surface area (Å²) < 4.78 is 26.3. The number of carbonyl (C=O) groups is 1. The SMILES string of the molecule is CNC(=O)CSc1nnc(COc2ccccc2F)n1[C@@H](C)COC. The van der Waals surface area contributed by atoms with Crippen LogP contribution in [0.4, 0.5) is 4.39 Å². The second kappa shape index (κ2) is 9.38. The molecule has 1 amide bonds. The third-order valence-corrected chi connectivity index (χ3v) is 4.33. The van der Waals surface area contributed by atoms with Gasteiger partial charge in [0.1, 0.15) is 6.61 Å². The Labute approximate surface area is 149 Å². The highest BCUT2D eigenvalue weighted by Crippen LogP contribution is 2.23. The highest BCUT2D eigenvalue weighted by Gasteiger charge is 2.19. The predicted molar refractivity (Wildman–Crippen MR) is 92.1 cm³/mol. The van der Waals surface area contributed by atoms with Crippen LogP contribution in [0, 0.1) is 5.82 Å². The number of aromatic nitrogens is 3. The Hall–Kier alpha value is -2.13. The van der Waals surface area contributed by atoms with Gasteiger partial charge >= 0.3 is 0 Å². The van der Waals surface area contributed by atoms with Crippen LogP contribution >= 0.6 is 11.8 Å². The maximum atomic E-state index is 13.7. The number of hydrogen-bond acceptors (Lipinski definition) is 6. The maximum Gasteiger partial charge on any atom is 0.230 e. The molecule has 2 rings (SSSR count). The first kappa shape index (κ1) is 19.2. The number of hydrogen-bond donors (Lipinski definition) is 1. The fourth-order valence-corrected chi connectivity index (χ4v) is 3.10. The minimum absolute atomic E-state index is 0.0581. The average molecular weight is 368 g/mol. The fraction of sp³-hybridized carbons (Fsp3) is 0.438. The van der Waals surface area contributed by atoms with E-state index in [0.29, 0.717) is 17.6 Å². The summed E-state index contributed by atoms with van der Waals surface area (Å²) in [5, 5.41) is 11.4. The number of nitrogens with zero attached hydrogens (tertiary/aromatic N) is 3. The average Bonchev–Trinajstić information content (AvgIpc) is 3.02. The van der Waals surface area contributed by atoms with Crippen molar-refractivity contribution in [3.8, 4) is 5.75 Å². The molecule has 0 aliphatic carbocycles. The highest BCUT2D eigenvalue weighted by atomic mass is 32.2. The lowest BCUT2D eigenvalue weighted by Crippen LogP contribution is -2.21. The zero-order chi connectivity index (χ0) is 18.2. The van der Waals surface area contributed by atoms with Crippen molar-refractivity contribution in [1.82, 2.24) is 20.1 Å². The Kier molecular flexibility index (Phi) is 7.20. The molecule has 25 heavy (non-hydrogen) atoms. The molecule has 0 spiro atoms. The molecular formula is C16H21FN4O3S. The second-order valence-electron chi connectivity index (χ2n) is 5.25. The highest BCUT2D eigenvalue weighted by molar-refractivity contribution is 7.99. The van der Waals surface area contributed by atoms with Crippen molar-refractivity contribution in [3.63, 3.8) is 0 Å². The van der Waals surface area contributed by atoms with Crippen molar-refractivity contribution in [2.45, 2.75) is 24.7 Å². The Bertz CT molecular complexity index is 710. The van der Waals surface area contributed by atoms with Crippen molar-refractivity contribution in [1.29, 1.82) is 0 Å². The van der Waals surface area contributed by atoms with Gasteiger partial charge in [-0.05, 0) is 19.1 Å². The van der Waals surface area contributed by atoms with Gasteiger partial charge in [0, 0.05) is 14.2 Å². The quantitative estimate of drug-likeness (QED) is 0.683. The van der Waals surface area contributed by atoms with Gasteiger partial charge in [-0.1, -0.05) is 23.9 Å². The molecule has 1 heterocycles. The summed E-state index contributed by atoms with van der Waals surface area (Å²) in [6.45, 7) is 2.45. The van der Waals surface area contributed by atoms with Gasteiger partial charge in [-0.2, -0.15) is 0 Å². The van der Waals surface area contributed by atoms with Gasteiger partial charge in [0.15, 0.2) is 22.5 Å². The number of methoxy groups -OCH3 is 1. The lowest BCUT2D eigenvalue weighted by molar-refractivity contribution is -0.118. The summed E-state index contributed by atoms with van der Waals surface area (Å²) in [5.74, 6) is 0.363. The molecule has 136 valence electrons. The van der Waals surface area contributed by atoms with Crippen LogP contribution in [0.15, 0.2) is 29.4 Å². The lowest BCUT2D eigenvalue weighted by atomic mass is 10.3. The van der Waals surface area contributed by atoms with Crippen LogP contribution in [0.5, 0.6) is 5.75 Å². The summed E-state index contributed by atoms with van der Waals surface area (Å²) in [4.78, 5) is 11.5. The maximum absolute atomic E-state index is 13.7. The molecule has 9 heteroatoms. The van der Waals surface area contributed by atoms with E-state index in [9.17, 15) is 9.18 Å². The number of rotatable bonds is 9. The molecule has 0 aliphatic heterocycles. The van der Waals surface area contributed by atoms with Crippen molar-refractivity contribution >= 4 is 17.7 Å². The van der Waals surface area contributed by atoms with Gasteiger partial charge in [0.25, 0.3) is 0 Å². The van der Waals surface area contributed by atoms with E-state index in [2.05, 4.69) is 15.5 Å². The van der Waals surface area contributed by atoms with E-state index < -0.39 is 5.82 Å². The smallest absolute Gasteiger partial charge is 0.230 e. The van der Waals surface area contributed by atoms with E-state index in [1.807, 2.05) is 11.5 Å². The summed E-state index contributed by atoms with van der Waals surface area (Å²) in [7, 11) is 3.18. The number of amides is 1. The number of benzene rings is 1. The number of halogens is 1. The van der Waals surface area contributed by atoms with E-state index in [1.54, 1.807) is 32.4 Å². The van der Waals surface area contributed by atoms with Crippen molar-refractivity contribution in [3.05, 3.63) is 35.9 Å². The van der Waals surface area contributed by atoms with Crippen LogP contribution in [0.25, 0.3) is 0 Å². The van der Waals surface area contributed by atoms with Crippen LogP contribution in [0.1, 0.15) is 18.8 Å². The topological polar surface area (TPSA) is 78.3 Å². The summed E-state index contributed by atoms with van der Waals surface area (Å²) in [6.07, 6.45) is 0. The monoisotopic (exact) mass is 368 g/mol. The zero-order valence-corrected chi connectivity index (χ0v) is 15.2. The summed E-state index contributed by atoms with van der Waals surface area (Å²) in [6, 6.07) is 6.11. The first-order chi connectivity index (χ1) is 12.1. The number of carbonyl (C=O) groups excluding carboxylic acids is 1. The third-order valence-electron chi connectivity index (χ3n) is 3.39. The molecule has 0 saturated heterocycles. The van der Waals surface area contributed by atoms with Gasteiger partial charge in [-0.3, -0.25) is 9.36 Å². The molecule has 0 aliphatic rings. The molecule has 2 aromatic rings. The Morgan fingerprint density at radius 1 is 1.40 bits per heavy atom. The van der Waals surface area contributed by atoms with Crippen molar-refractivity contribution in [2.75, 3.05) is 26.5 Å². The minimum atomic E-state index is -0.437. The minimum Gasteiger partial charge on any atom is -0.483 e. The molecule has 1 atom stereocenters. The molecule has 0 saturated carbocycles. The molecule has 1 N–H and O–H groups in total. The van der Waals surface area contributed by atoms with Crippen molar-refractivity contribution in [2.24, 2.45) is 0 Å². The molecule has 1 aromatic heterocycles. The van der Waals surface area contributed by atoms with Gasteiger partial charge in [0.2, 0.25) is 5.91 Å². The Morgan fingerprint density at radius 3 is 2.84 bits per heavy atom. The molecule has 0 fully saturated rings. The Balaban J connectivity index is 2.17. The molecule has 7 nitrogen and oxygen atoms in total. The summed E-state index contributed by atoms with van der Waals surface area (Å²) in [5.41, 5.74) is 0. The number of thioether (sulfide) groups is 1. The second-order valence-corrected chi connectivity index (χ2v) is 6.20. The van der Waals surface area contributed by atoms with Crippen LogP contribution in [0.2, 0.25) is 0 Å². The number of para-hydroxylation sites is 1. The van der Waals surface area contributed by atoms with Crippen molar-refractivity contribution < 1.29 is 18.7 Å². The summed E-state index contributed by atoms with van der Waals surface area (Å²) >= 11 is 1.27. The van der Waals surface area contributed by atoms with Crippen LogP contribution < -0.4 is 10.1 Å². The molecule has 0 bridgehead atoms. The van der Waals surface area contributed by atoms with Gasteiger partial charge in [-0.25, -0.2) is 4.39 Å². The molecular weight excluding hydrogens is 347 g/mol. The lowest BCUT2D eigenvalue weighted by Gasteiger charge is -2.17. The van der Waals surface area contributed by atoms with E-state index in [1.165, 1.54) is 17.8 Å². The van der Waals surface area contributed by atoms with E-state index in [4.69, 9.17) is 9.47 Å². The first-order valence-electron chi connectivity index (χ1n) is 7.70. The van der Waals surface area contributed by atoms with Crippen LogP contribution in [-0.4, -0.2) is 47.2 Å². The fourth-order valence-electron chi connectivity index (χ4n) is 2.17. The van der Waals surface area contributed by atoms with Crippen LogP contribution in [-0.2, 0) is 16.1 Å². The number of ether oxygens (including phenoxy) is 2. The predicted octanol–water partition coefficient (Wildman–Crippen LogP) is 2.04. The van der Waals surface area contributed by atoms with Gasteiger partial charge in [0.05, 0.1) is 18.4 Å². The standard InChI is InChI=1S/C16H21FN4O3S/c1-11(8-23-3)21-14(9-24-13-7-5-4-6-12(13)17)19-20-16(21)25-10-15(22)18-2/h4-7,11H,8-10H2,1-3H3,(H,18,22)/t11-/m0/s1. The largest absolute Gasteiger partial charge is 0.483 e.